The van der Waals surface area contributed by atoms with E-state index in [1.165, 1.54) is 4.57 Å². The molecule has 1 aliphatic heterocycles. The molecule has 1 saturated heterocycles. The van der Waals surface area contributed by atoms with E-state index in [9.17, 15) is 9.59 Å². The number of amides is 1. The Labute approximate surface area is 152 Å². The fraction of sp³-hybridized carbons (Fsp3) is 0.474. The first-order chi connectivity index (χ1) is 12.5. The molecule has 1 fully saturated rings. The van der Waals surface area contributed by atoms with Crippen LogP contribution in [0.5, 0.6) is 0 Å². The van der Waals surface area contributed by atoms with Crippen LogP contribution in [-0.2, 0) is 18.2 Å². The first-order valence-electron chi connectivity index (χ1n) is 8.81. The second kappa shape index (κ2) is 7.78. The van der Waals surface area contributed by atoms with Crippen molar-refractivity contribution in [1.82, 2.24) is 19.4 Å². The maximum Gasteiger partial charge on any atom is 0.263 e. The zero-order valence-corrected chi connectivity index (χ0v) is 15.4. The van der Waals surface area contributed by atoms with E-state index in [4.69, 9.17) is 4.74 Å². The Morgan fingerprint density at radius 3 is 2.81 bits per heavy atom. The molecule has 0 spiro atoms. The fourth-order valence-electron chi connectivity index (χ4n) is 3.19. The molecule has 7 heteroatoms. The highest BCUT2D eigenvalue weighted by Gasteiger charge is 2.29. The minimum absolute atomic E-state index is 0.0799. The standard InChI is InChI=1S/C19H24N4O3/c1-13-4-6-16(18(24)22(13)3)19(25)23-10-11-26-12-15(23)5-7-17-14(2)20-8-9-21-17/h4,6,8-9,15H,5,7,10-12H2,1-3H3/t15-/m0/s1. The molecule has 1 amide bonds. The lowest BCUT2D eigenvalue weighted by molar-refractivity contribution is -0.00426. The van der Waals surface area contributed by atoms with Crippen LogP contribution >= 0.6 is 0 Å². The Morgan fingerprint density at radius 1 is 1.27 bits per heavy atom. The highest BCUT2D eigenvalue weighted by atomic mass is 16.5. The summed E-state index contributed by atoms with van der Waals surface area (Å²) < 4.78 is 7.08. The van der Waals surface area contributed by atoms with Crippen LogP contribution in [0, 0.1) is 13.8 Å². The van der Waals surface area contributed by atoms with E-state index in [2.05, 4.69) is 9.97 Å². The van der Waals surface area contributed by atoms with Crippen LogP contribution in [0.2, 0.25) is 0 Å². The number of carbonyl (C=O) groups excluding carboxylic acids is 1. The smallest absolute Gasteiger partial charge is 0.263 e. The second-order valence-electron chi connectivity index (χ2n) is 6.61. The van der Waals surface area contributed by atoms with Gasteiger partial charge in [-0.3, -0.25) is 19.6 Å². The third-order valence-electron chi connectivity index (χ3n) is 4.97. The summed E-state index contributed by atoms with van der Waals surface area (Å²) in [4.78, 5) is 35.9. The predicted molar refractivity (Wildman–Crippen MR) is 97.2 cm³/mol. The van der Waals surface area contributed by atoms with E-state index >= 15 is 0 Å². The van der Waals surface area contributed by atoms with Crippen molar-refractivity contribution < 1.29 is 9.53 Å². The van der Waals surface area contributed by atoms with E-state index in [0.717, 1.165) is 23.5 Å². The Bertz CT molecular complexity index is 862. The zero-order chi connectivity index (χ0) is 18.7. The van der Waals surface area contributed by atoms with Crippen LogP contribution in [0.3, 0.4) is 0 Å². The quantitative estimate of drug-likeness (QED) is 0.824. The van der Waals surface area contributed by atoms with Gasteiger partial charge in [0.15, 0.2) is 0 Å². The first kappa shape index (κ1) is 18.3. The van der Waals surface area contributed by atoms with E-state index in [-0.39, 0.29) is 23.1 Å². The molecule has 0 unspecified atom stereocenters. The van der Waals surface area contributed by atoms with Crippen molar-refractivity contribution in [2.24, 2.45) is 7.05 Å². The maximum atomic E-state index is 13.0. The molecule has 0 aromatic carbocycles. The third-order valence-corrected chi connectivity index (χ3v) is 4.97. The van der Waals surface area contributed by atoms with Gasteiger partial charge in [-0.15, -0.1) is 0 Å². The summed E-state index contributed by atoms with van der Waals surface area (Å²) in [6, 6.07) is 3.34. The van der Waals surface area contributed by atoms with Crippen molar-refractivity contribution in [3.05, 3.63) is 57.5 Å². The van der Waals surface area contributed by atoms with Crippen molar-refractivity contribution in [1.29, 1.82) is 0 Å². The number of pyridine rings is 1. The van der Waals surface area contributed by atoms with Crippen molar-refractivity contribution in [2.75, 3.05) is 19.8 Å². The number of morpholine rings is 1. The summed E-state index contributed by atoms with van der Waals surface area (Å²) in [7, 11) is 1.68. The van der Waals surface area contributed by atoms with E-state index in [1.54, 1.807) is 36.5 Å². The van der Waals surface area contributed by atoms with Crippen LogP contribution in [0.4, 0.5) is 0 Å². The van der Waals surface area contributed by atoms with Crippen molar-refractivity contribution >= 4 is 5.91 Å². The van der Waals surface area contributed by atoms with Gasteiger partial charge in [0.2, 0.25) is 0 Å². The summed E-state index contributed by atoms with van der Waals surface area (Å²) >= 11 is 0. The molecule has 2 aromatic rings. The molecular formula is C19H24N4O3. The number of ether oxygens (including phenoxy) is 1. The van der Waals surface area contributed by atoms with Gasteiger partial charge in [0.25, 0.3) is 11.5 Å². The third kappa shape index (κ3) is 3.67. The maximum absolute atomic E-state index is 13.0. The number of nitrogens with zero attached hydrogens (tertiary/aromatic N) is 4. The van der Waals surface area contributed by atoms with Crippen molar-refractivity contribution in [3.63, 3.8) is 0 Å². The number of rotatable bonds is 4. The Morgan fingerprint density at radius 2 is 2.04 bits per heavy atom. The van der Waals surface area contributed by atoms with Crippen molar-refractivity contribution in [3.8, 4) is 0 Å². The molecule has 26 heavy (non-hydrogen) atoms. The number of carbonyl (C=O) groups is 1. The van der Waals surface area contributed by atoms with Gasteiger partial charge in [-0.2, -0.15) is 0 Å². The molecule has 1 atom stereocenters. The van der Waals surface area contributed by atoms with Gasteiger partial charge in [-0.1, -0.05) is 0 Å². The molecule has 0 saturated carbocycles. The van der Waals surface area contributed by atoms with Gasteiger partial charge in [0.05, 0.1) is 30.6 Å². The zero-order valence-electron chi connectivity index (χ0n) is 15.4. The molecule has 3 rings (SSSR count). The van der Waals surface area contributed by atoms with Crippen LogP contribution in [0.25, 0.3) is 0 Å². The molecular weight excluding hydrogens is 332 g/mol. The van der Waals surface area contributed by atoms with E-state index < -0.39 is 0 Å². The summed E-state index contributed by atoms with van der Waals surface area (Å²) in [6.45, 7) is 5.21. The topological polar surface area (TPSA) is 77.3 Å². The van der Waals surface area contributed by atoms with Crippen LogP contribution < -0.4 is 5.56 Å². The van der Waals surface area contributed by atoms with Gasteiger partial charge in [0, 0.05) is 31.7 Å². The second-order valence-corrected chi connectivity index (χ2v) is 6.61. The monoisotopic (exact) mass is 356 g/mol. The summed E-state index contributed by atoms with van der Waals surface area (Å²) in [5, 5.41) is 0. The lowest BCUT2D eigenvalue weighted by Crippen LogP contribution is -2.50. The van der Waals surface area contributed by atoms with Gasteiger partial charge >= 0.3 is 0 Å². The number of aromatic nitrogens is 3. The lowest BCUT2D eigenvalue weighted by atomic mass is 10.0. The Balaban J connectivity index is 1.78. The van der Waals surface area contributed by atoms with Gasteiger partial charge in [-0.25, -0.2) is 0 Å². The summed E-state index contributed by atoms with van der Waals surface area (Å²) in [5.74, 6) is -0.227. The molecule has 3 heterocycles. The van der Waals surface area contributed by atoms with E-state index in [1.807, 2.05) is 13.8 Å². The predicted octanol–water partition coefficient (Wildman–Crippen LogP) is 1.27. The largest absolute Gasteiger partial charge is 0.377 e. The Hall–Kier alpha value is -2.54. The van der Waals surface area contributed by atoms with Crippen LogP contribution in [-0.4, -0.2) is 51.1 Å². The number of hydrogen-bond acceptors (Lipinski definition) is 5. The molecule has 138 valence electrons. The SMILES string of the molecule is Cc1nccnc1CC[C@H]1COCCN1C(=O)c1ccc(C)n(C)c1=O. The molecule has 0 radical (unpaired) electrons. The minimum atomic E-state index is -0.259. The van der Waals surface area contributed by atoms with E-state index in [0.29, 0.717) is 26.2 Å². The van der Waals surface area contributed by atoms with Gasteiger partial charge in [0.1, 0.15) is 5.56 Å². The summed E-state index contributed by atoms with van der Waals surface area (Å²) in [6.07, 6.45) is 4.78. The first-order valence-corrected chi connectivity index (χ1v) is 8.81. The lowest BCUT2D eigenvalue weighted by Gasteiger charge is -2.35. The average molecular weight is 356 g/mol. The van der Waals surface area contributed by atoms with Crippen molar-refractivity contribution in [2.45, 2.75) is 32.7 Å². The average Bonchev–Trinajstić information content (AvgIpc) is 2.65. The molecule has 1 aliphatic rings. The molecule has 0 N–H and O–H groups in total. The van der Waals surface area contributed by atoms with Crippen LogP contribution in [0.1, 0.15) is 33.9 Å². The number of hydrogen-bond donors (Lipinski definition) is 0. The summed E-state index contributed by atoms with van der Waals surface area (Å²) in [5.41, 5.74) is 2.60. The Kier molecular flexibility index (Phi) is 5.46. The molecule has 0 aliphatic carbocycles. The molecule has 2 aromatic heterocycles. The van der Waals surface area contributed by atoms with Crippen LogP contribution in [0.15, 0.2) is 29.3 Å². The van der Waals surface area contributed by atoms with Gasteiger partial charge < -0.3 is 14.2 Å². The minimum Gasteiger partial charge on any atom is -0.377 e. The fourth-order valence-corrected chi connectivity index (χ4v) is 3.19. The van der Waals surface area contributed by atoms with Gasteiger partial charge in [-0.05, 0) is 38.8 Å². The highest BCUT2D eigenvalue weighted by Crippen LogP contribution is 2.16. The molecule has 0 bridgehead atoms. The normalized spacial score (nSPS) is 17.3. The number of aryl methyl sites for hydroxylation is 3. The highest BCUT2D eigenvalue weighted by molar-refractivity contribution is 5.94. The molecule has 7 nitrogen and oxygen atoms in total.